The van der Waals surface area contributed by atoms with E-state index in [9.17, 15) is 9.59 Å². The number of aromatic nitrogens is 1. The molecule has 1 N–H and O–H groups in total. The van der Waals surface area contributed by atoms with E-state index in [-0.39, 0.29) is 12.5 Å². The Kier molecular flexibility index (Phi) is 6.47. The molecular formula is C24H27N3O3. The number of para-hydroxylation sites is 1. The fourth-order valence-corrected chi connectivity index (χ4v) is 3.56. The molecule has 3 aromatic rings. The van der Waals surface area contributed by atoms with Crippen molar-refractivity contribution in [1.29, 1.82) is 0 Å². The lowest BCUT2D eigenvalue weighted by molar-refractivity contribution is -0.117. The normalized spacial score (nSPS) is 11.0. The second kappa shape index (κ2) is 9.05. The first kappa shape index (κ1) is 21.5. The summed E-state index contributed by atoms with van der Waals surface area (Å²) in [5.41, 5.74) is 5.68. The third-order valence-corrected chi connectivity index (χ3v) is 5.33. The van der Waals surface area contributed by atoms with Crippen LogP contribution >= 0.6 is 0 Å². The summed E-state index contributed by atoms with van der Waals surface area (Å²) in [5, 5.41) is 3.88. The maximum Gasteiger partial charge on any atom is 0.340 e. The monoisotopic (exact) mass is 405 g/mol. The van der Waals surface area contributed by atoms with Crippen LogP contribution in [-0.4, -0.2) is 42.5 Å². The molecule has 0 saturated heterocycles. The zero-order valence-electron chi connectivity index (χ0n) is 18.1. The van der Waals surface area contributed by atoms with Gasteiger partial charge < -0.3 is 10.1 Å². The first-order valence-corrected chi connectivity index (χ1v) is 9.83. The molecule has 0 radical (unpaired) electrons. The number of benzene rings is 2. The molecule has 156 valence electrons. The summed E-state index contributed by atoms with van der Waals surface area (Å²) in [6.07, 6.45) is 0. The Bertz CT molecular complexity index is 1110. The molecule has 0 aliphatic heterocycles. The van der Waals surface area contributed by atoms with E-state index >= 15 is 0 Å². The van der Waals surface area contributed by atoms with E-state index < -0.39 is 5.97 Å². The minimum atomic E-state index is -0.422. The number of likely N-dealkylation sites (N-methyl/N-ethyl adjacent to an activating group) is 1. The van der Waals surface area contributed by atoms with Crippen molar-refractivity contribution in [2.75, 3.05) is 26.0 Å². The number of pyridine rings is 1. The number of methoxy groups -OCH3 is 1. The molecule has 6 nitrogen and oxygen atoms in total. The zero-order chi connectivity index (χ0) is 21.8. The molecule has 30 heavy (non-hydrogen) atoms. The van der Waals surface area contributed by atoms with Gasteiger partial charge in [-0.1, -0.05) is 30.3 Å². The number of fused-ring (bicyclic) bond motifs is 1. The van der Waals surface area contributed by atoms with Crippen LogP contribution < -0.4 is 5.32 Å². The maximum absolute atomic E-state index is 12.6. The Labute approximate surface area is 176 Å². The largest absolute Gasteiger partial charge is 0.465 e. The maximum atomic E-state index is 12.6. The highest BCUT2D eigenvalue weighted by atomic mass is 16.5. The Hall–Kier alpha value is -3.25. The summed E-state index contributed by atoms with van der Waals surface area (Å²) in [6, 6.07) is 13.5. The lowest BCUT2D eigenvalue weighted by atomic mass is 10.0. The number of nitrogens with zero attached hydrogens (tertiary/aromatic N) is 2. The molecule has 0 aliphatic carbocycles. The molecule has 0 aliphatic rings. The van der Waals surface area contributed by atoms with Crippen LogP contribution in [0.5, 0.6) is 0 Å². The minimum absolute atomic E-state index is 0.122. The number of amides is 1. The van der Waals surface area contributed by atoms with Gasteiger partial charge in [0.15, 0.2) is 0 Å². The number of rotatable bonds is 6. The summed E-state index contributed by atoms with van der Waals surface area (Å²) >= 11 is 0. The van der Waals surface area contributed by atoms with Crippen molar-refractivity contribution < 1.29 is 14.3 Å². The van der Waals surface area contributed by atoms with Crippen LogP contribution in [0.3, 0.4) is 0 Å². The molecule has 1 aromatic heterocycles. The van der Waals surface area contributed by atoms with Crippen molar-refractivity contribution in [3.8, 4) is 0 Å². The van der Waals surface area contributed by atoms with Gasteiger partial charge in [0.2, 0.25) is 5.91 Å². The van der Waals surface area contributed by atoms with Gasteiger partial charge in [-0.15, -0.1) is 0 Å². The quantitative estimate of drug-likeness (QED) is 0.627. The van der Waals surface area contributed by atoms with Gasteiger partial charge in [0.05, 0.1) is 30.4 Å². The molecule has 3 rings (SSSR count). The second-order valence-corrected chi connectivity index (χ2v) is 7.54. The molecule has 0 bridgehead atoms. The fraction of sp³-hybridized carbons (Fsp3) is 0.292. The predicted molar refractivity (Wildman–Crippen MR) is 119 cm³/mol. The molecule has 1 heterocycles. The summed E-state index contributed by atoms with van der Waals surface area (Å²) < 4.78 is 5.00. The fourth-order valence-electron chi connectivity index (χ4n) is 3.56. The predicted octanol–water partition coefficient (Wildman–Crippen LogP) is 4.02. The summed E-state index contributed by atoms with van der Waals surface area (Å²) in [7, 11) is 3.19. The van der Waals surface area contributed by atoms with Gasteiger partial charge in [-0.05, 0) is 56.6 Å². The van der Waals surface area contributed by atoms with E-state index in [1.807, 2.05) is 75.2 Å². The number of ether oxygens (including phenoxy) is 1. The lowest BCUT2D eigenvalue weighted by Crippen LogP contribution is -2.31. The highest BCUT2D eigenvalue weighted by Crippen LogP contribution is 2.24. The molecule has 0 fully saturated rings. The number of hydrogen-bond donors (Lipinski definition) is 1. The van der Waals surface area contributed by atoms with Crippen LogP contribution in [0.15, 0.2) is 42.5 Å². The zero-order valence-corrected chi connectivity index (χ0v) is 18.1. The molecule has 0 spiro atoms. The van der Waals surface area contributed by atoms with Crippen LogP contribution in [0.25, 0.3) is 10.9 Å². The SMILES string of the molecule is COC(=O)c1c(CN(C)CC(=O)Nc2cccc(C)c2C)nc2ccccc2c1C. The summed E-state index contributed by atoms with van der Waals surface area (Å²) in [5.74, 6) is -0.544. The van der Waals surface area contributed by atoms with Gasteiger partial charge in [0, 0.05) is 17.6 Å². The second-order valence-electron chi connectivity index (χ2n) is 7.54. The minimum Gasteiger partial charge on any atom is -0.465 e. The average Bonchev–Trinajstić information content (AvgIpc) is 2.71. The smallest absolute Gasteiger partial charge is 0.340 e. The van der Waals surface area contributed by atoms with E-state index in [4.69, 9.17) is 4.74 Å². The standard InChI is InChI=1S/C24H27N3O3/c1-15-9-8-12-19(16(15)2)26-22(28)14-27(4)13-21-23(24(29)30-5)17(3)18-10-6-7-11-20(18)25-21/h6-12H,13-14H2,1-5H3,(H,26,28). The van der Waals surface area contributed by atoms with Crippen molar-refractivity contribution in [3.05, 3.63) is 70.4 Å². The van der Waals surface area contributed by atoms with Gasteiger partial charge in [-0.25, -0.2) is 4.79 Å². The Balaban J connectivity index is 1.82. The Morgan fingerprint density at radius 3 is 2.50 bits per heavy atom. The molecule has 2 aromatic carbocycles. The number of aryl methyl sites for hydroxylation is 2. The highest BCUT2D eigenvalue weighted by molar-refractivity contribution is 5.98. The van der Waals surface area contributed by atoms with Crippen LogP contribution in [0.4, 0.5) is 5.69 Å². The first-order valence-electron chi connectivity index (χ1n) is 9.83. The lowest BCUT2D eigenvalue weighted by Gasteiger charge is -2.19. The van der Waals surface area contributed by atoms with Gasteiger partial charge >= 0.3 is 5.97 Å². The average molecular weight is 405 g/mol. The highest BCUT2D eigenvalue weighted by Gasteiger charge is 2.21. The van der Waals surface area contributed by atoms with Crippen LogP contribution in [0.1, 0.15) is 32.7 Å². The van der Waals surface area contributed by atoms with Gasteiger partial charge in [-0.3, -0.25) is 14.7 Å². The molecule has 6 heteroatoms. The number of esters is 1. The van der Waals surface area contributed by atoms with E-state index in [0.29, 0.717) is 17.8 Å². The number of carbonyl (C=O) groups excluding carboxylic acids is 2. The molecular weight excluding hydrogens is 378 g/mol. The number of carbonyl (C=O) groups is 2. The van der Waals surface area contributed by atoms with Crippen LogP contribution in [0.2, 0.25) is 0 Å². The van der Waals surface area contributed by atoms with Gasteiger partial charge in [-0.2, -0.15) is 0 Å². The summed E-state index contributed by atoms with van der Waals surface area (Å²) in [4.78, 5) is 31.5. The molecule has 0 atom stereocenters. The number of nitrogens with one attached hydrogen (secondary N) is 1. The topological polar surface area (TPSA) is 71.5 Å². The van der Waals surface area contributed by atoms with Crippen LogP contribution in [-0.2, 0) is 16.1 Å². The van der Waals surface area contributed by atoms with E-state index in [1.165, 1.54) is 7.11 Å². The van der Waals surface area contributed by atoms with E-state index in [0.717, 1.165) is 33.3 Å². The number of anilines is 1. The van der Waals surface area contributed by atoms with Crippen molar-refractivity contribution in [1.82, 2.24) is 9.88 Å². The Morgan fingerprint density at radius 1 is 1.03 bits per heavy atom. The van der Waals surface area contributed by atoms with Gasteiger partial charge in [0.1, 0.15) is 0 Å². The van der Waals surface area contributed by atoms with E-state index in [2.05, 4.69) is 10.3 Å². The molecule has 0 unspecified atom stereocenters. The third-order valence-electron chi connectivity index (χ3n) is 5.33. The van der Waals surface area contributed by atoms with Crippen molar-refractivity contribution in [2.45, 2.75) is 27.3 Å². The molecule has 0 saturated carbocycles. The van der Waals surface area contributed by atoms with Crippen molar-refractivity contribution >= 4 is 28.5 Å². The van der Waals surface area contributed by atoms with Crippen molar-refractivity contribution in [2.24, 2.45) is 0 Å². The van der Waals surface area contributed by atoms with Crippen molar-refractivity contribution in [3.63, 3.8) is 0 Å². The summed E-state index contributed by atoms with van der Waals surface area (Å²) in [6.45, 7) is 6.41. The van der Waals surface area contributed by atoms with E-state index in [1.54, 1.807) is 0 Å². The molecule has 1 amide bonds. The Morgan fingerprint density at radius 2 is 1.77 bits per heavy atom. The van der Waals surface area contributed by atoms with Crippen LogP contribution in [0, 0.1) is 20.8 Å². The number of hydrogen-bond acceptors (Lipinski definition) is 5. The first-order chi connectivity index (χ1) is 14.3. The third kappa shape index (κ3) is 4.49. The van der Waals surface area contributed by atoms with Gasteiger partial charge in [0.25, 0.3) is 0 Å².